The highest BCUT2D eigenvalue weighted by Crippen LogP contribution is 2.26. The zero-order chi connectivity index (χ0) is 31.9. The first-order valence-corrected chi connectivity index (χ1v) is 16.2. The lowest BCUT2D eigenvalue weighted by Crippen LogP contribution is -2.54. The van der Waals surface area contributed by atoms with Crippen LogP contribution in [0.1, 0.15) is 44.7 Å². The molecule has 2 amide bonds. The number of carbonyl (C=O) groups excluding carboxylic acids is 2. The summed E-state index contributed by atoms with van der Waals surface area (Å²) in [6, 6.07) is 16.1. The summed E-state index contributed by atoms with van der Waals surface area (Å²) in [4.78, 5) is 29.0. The largest absolute Gasteiger partial charge is 0.350 e. The minimum atomic E-state index is -3.89. The lowest BCUT2D eigenvalue weighted by molar-refractivity contribution is -0.142. The number of hydrogen-bond donors (Lipinski definition) is 1. The Morgan fingerprint density at radius 1 is 0.907 bits per heavy atom. The molecule has 0 saturated heterocycles. The van der Waals surface area contributed by atoms with Crippen molar-refractivity contribution in [3.8, 4) is 0 Å². The highest BCUT2D eigenvalue weighted by molar-refractivity contribution is 7.92. The fourth-order valence-electron chi connectivity index (χ4n) is 4.49. The van der Waals surface area contributed by atoms with Crippen molar-refractivity contribution < 1.29 is 26.8 Å². The molecule has 1 unspecified atom stereocenters. The van der Waals surface area contributed by atoms with Crippen molar-refractivity contribution in [1.82, 2.24) is 10.2 Å². The van der Waals surface area contributed by atoms with Crippen molar-refractivity contribution in [3.63, 3.8) is 0 Å². The standard InChI is InChI=1S/C31H35Cl2F2N3O4S/c1-31(2,3)36-30(40)28(18-21-9-6-5-7-10-21)37(20-22-12-14-24(32)25(33)17-22)29(39)11-8-16-38(43(4,41)42)23-13-15-26(34)27(35)19-23/h5-7,9-10,12-15,17,19,28H,8,11,16,18,20H2,1-4H3,(H,36,40). The first-order chi connectivity index (χ1) is 20.0. The van der Waals surface area contributed by atoms with E-state index >= 15 is 0 Å². The molecule has 3 rings (SSSR count). The van der Waals surface area contributed by atoms with E-state index in [0.717, 1.165) is 34.3 Å². The number of carbonyl (C=O) groups is 2. The average Bonchev–Trinajstić information content (AvgIpc) is 2.91. The van der Waals surface area contributed by atoms with Gasteiger partial charge in [0.2, 0.25) is 21.8 Å². The highest BCUT2D eigenvalue weighted by atomic mass is 35.5. The van der Waals surface area contributed by atoms with Crippen molar-refractivity contribution in [2.24, 2.45) is 0 Å². The van der Waals surface area contributed by atoms with Gasteiger partial charge in [-0.25, -0.2) is 17.2 Å². The van der Waals surface area contributed by atoms with Crippen molar-refractivity contribution in [3.05, 3.63) is 99.5 Å². The van der Waals surface area contributed by atoms with Gasteiger partial charge in [0.15, 0.2) is 11.6 Å². The smallest absolute Gasteiger partial charge is 0.243 e. The summed E-state index contributed by atoms with van der Waals surface area (Å²) >= 11 is 12.4. The third-order valence-corrected chi connectivity index (χ3v) is 8.38. The molecule has 1 atom stereocenters. The van der Waals surface area contributed by atoms with Gasteiger partial charge in [0, 0.05) is 37.5 Å². The summed E-state index contributed by atoms with van der Waals surface area (Å²) < 4.78 is 53.3. The Hall–Kier alpha value is -3.21. The van der Waals surface area contributed by atoms with Crippen LogP contribution in [0.5, 0.6) is 0 Å². The number of nitrogens with zero attached hydrogens (tertiary/aromatic N) is 2. The van der Waals surface area contributed by atoms with Crippen LogP contribution in [-0.4, -0.2) is 49.5 Å². The molecule has 43 heavy (non-hydrogen) atoms. The minimum Gasteiger partial charge on any atom is -0.350 e. The fourth-order valence-corrected chi connectivity index (χ4v) is 5.76. The Morgan fingerprint density at radius 3 is 2.16 bits per heavy atom. The van der Waals surface area contributed by atoms with Crippen LogP contribution in [0.4, 0.5) is 14.5 Å². The Bertz CT molecular complexity index is 1550. The zero-order valence-electron chi connectivity index (χ0n) is 24.4. The Balaban J connectivity index is 1.93. The molecule has 0 aliphatic rings. The van der Waals surface area contributed by atoms with E-state index in [0.29, 0.717) is 15.6 Å². The van der Waals surface area contributed by atoms with Crippen LogP contribution in [0.2, 0.25) is 10.0 Å². The summed E-state index contributed by atoms with van der Waals surface area (Å²) in [6.45, 7) is 5.38. The van der Waals surface area contributed by atoms with E-state index in [1.54, 1.807) is 18.2 Å². The summed E-state index contributed by atoms with van der Waals surface area (Å²) in [6.07, 6.45) is 1.08. The molecule has 0 spiro atoms. The number of hydrogen-bond acceptors (Lipinski definition) is 4. The van der Waals surface area contributed by atoms with Crippen LogP contribution in [0.25, 0.3) is 0 Å². The van der Waals surface area contributed by atoms with Gasteiger partial charge in [0.1, 0.15) is 6.04 Å². The van der Waals surface area contributed by atoms with Gasteiger partial charge in [0.25, 0.3) is 0 Å². The molecule has 3 aromatic carbocycles. The molecule has 1 N–H and O–H groups in total. The minimum absolute atomic E-state index is 0.0315. The van der Waals surface area contributed by atoms with Gasteiger partial charge < -0.3 is 10.2 Å². The molecular weight excluding hydrogens is 619 g/mol. The molecular formula is C31H35Cl2F2N3O4S. The molecule has 0 fully saturated rings. The maximum Gasteiger partial charge on any atom is 0.243 e. The van der Waals surface area contributed by atoms with Crippen molar-refractivity contribution in [1.29, 1.82) is 0 Å². The highest BCUT2D eigenvalue weighted by Gasteiger charge is 2.32. The van der Waals surface area contributed by atoms with E-state index < -0.39 is 39.1 Å². The normalized spacial score (nSPS) is 12.5. The number of halogens is 4. The number of anilines is 1. The third kappa shape index (κ3) is 10.2. The van der Waals surface area contributed by atoms with Gasteiger partial charge in [0.05, 0.1) is 22.0 Å². The maximum absolute atomic E-state index is 13.9. The SMILES string of the molecule is CC(C)(C)NC(=O)C(Cc1ccccc1)N(Cc1ccc(Cl)c(Cl)c1)C(=O)CCCN(c1ccc(F)c(F)c1)S(C)(=O)=O. The van der Waals surface area contributed by atoms with Crippen LogP contribution in [0.3, 0.4) is 0 Å². The second kappa shape index (κ2) is 14.5. The van der Waals surface area contributed by atoms with Crippen LogP contribution in [0, 0.1) is 11.6 Å². The van der Waals surface area contributed by atoms with E-state index in [2.05, 4.69) is 5.32 Å². The summed E-state index contributed by atoms with van der Waals surface area (Å²) in [7, 11) is -3.89. The van der Waals surface area contributed by atoms with Crippen molar-refractivity contribution in [2.75, 3.05) is 17.1 Å². The predicted molar refractivity (Wildman–Crippen MR) is 167 cm³/mol. The summed E-state index contributed by atoms with van der Waals surface area (Å²) in [5, 5.41) is 3.61. The Morgan fingerprint density at radius 2 is 1.58 bits per heavy atom. The van der Waals surface area contributed by atoms with Crippen molar-refractivity contribution in [2.45, 2.75) is 58.2 Å². The second-order valence-electron chi connectivity index (χ2n) is 11.3. The van der Waals surface area contributed by atoms with Crippen LogP contribution in [-0.2, 0) is 32.6 Å². The lowest BCUT2D eigenvalue weighted by atomic mass is 10.00. The predicted octanol–water partition coefficient (Wildman–Crippen LogP) is 6.37. The van der Waals surface area contributed by atoms with Gasteiger partial charge in [-0.05, 0) is 62.6 Å². The molecule has 0 saturated carbocycles. The Kier molecular flexibility index (Phi) is 11.6. The zero-order valence-corrected chi connectivity index (χ0v) is 26.7. The summed E-state index contributed by atoms with van der Waals surface area (Å²) in [5.41, 5.74) is 0.840. The maximum atomic E-state index is 13.9. The lowest BCUT2D eigenvalue weighted by Gasteiger charge is -2.34. The second-order valence-corrected chi connectivity index (χ2v) is 14.0. The topological polar surface area (TPSA) is 86.8 Å². The molecule has 0 heterocycles. The van der Waals surface area contributed by atoms with E-state index in [9.17, 15) is 26.8 Å². The van der Waals surface area contributed by atoms with Gasteiger partial charge >= 0.3 is 0 Å². The Labute approximate surface area is 261 Å². The van der Waals surface area contributed by atoms with E-state index in [-0.39, 0.29) is 43.9 Å². The van der Waals surface area contributed by atoms with Crippen LogP contribution >= 0.6 is 23.2 Å². The molecule has 3 aromatic rings. The fraction of sp³-hybridized carbons (Fsp3) is 0.355. The first-order valence-electron chi connectivity index (χ1n) is 13.6. The molecule has 232 valence electrons. The summed E-state index contributed by atoms with van der Waals surface area (Å²) in [5.74, 6) is -3.06. The molecule has 0 bridgehead atoms. The number of sulfonamides is 1. The molecule has 0 aliphatic heterocycles. The van der Waals surface area contributed by atoms with E-state index in [1.807, 2.05) is 51.1 Å². The van der Waals surface area contributed by atoms with E-state index in [1.165, 1.54) is 4.90 Å². The van der Waals surface area contributed by atoms with Gasteiger partial charge in [-0.2, -0.15) is 0 Å². The average molecular weight is 655 g/mol. The van der Waals surface area contributed by atoms with Gasteiger partial charge in [-0.1, -0.05) is 59.6 Å². The van der Waals surface area contributed by atoms with Crippen LogP contribution < -0.4 is 9.62 Å². The first kappa shape index (κ1) is 34.3. The van der Waals surface area contributed by atoms with Crippen LogP contribution in [0.15, 0.2) is 66.7 Å². The number of amides is 2. The van der Waals surface area contributed by atoms with Gasteiger partial charge in [-0.3, -0.25) is 13.9 Å². The number of benzene rings is 3. The molecule has 0 aliphatic carbocycles. The third-order valence-electron chi connectivity index (χ3n) is 6.45. The van der Waals surface area contributed by atoms with Crippen molar-refractivity contribution >= 4 is 50.7 Å². The van der Waals surface area contributed by atoms with E-state index in [4.69, 9.17) is 23.2 Å². The molecule has 12 heteroatoms. The molecule has 7 nitrogen and oxygen atoms in total. The molecule has 0 radical (unpaired) electrons. The number of rotatable bonds is 12. The number of nitrogens with one attached hydrogen (secondary N) is 1. The molecule has 0 aromatic heterocycles. The quantitative estimate of drug-likeness (QED) is 0.246. The van der Waals surface area contributed by atoms with Gasteiger partial charge in [-0.15, -0.1) is 0 Å². The monoisotopic (exact) mass is 653 g/mol.